The van der Waals surface area contributed by atoms with Crippen LogP contribution >= 0.6 is 11.3 Å². The van der Waals surface area contributed by atoms with Gasteiger partial charge in [0.05, 0.1) is 5.56 Å². The van der Waals surface area contributed by atoms with Crippen LogP contribution in [0.4, 0.5) is 5.82 Å². The van der Waals surface area contributed by atoms with Gasteiger partial charge in [-0.15, -0.1) is 11.3 Å². The molecule has 2 aliphatic rings. The Morgan fingerprint density at radius 2 is 1.93 bits per heavy atom. The molecular formula is C23H26N4OS. The molecule has 0 spiro atoms. The van der Waals surface area contributed by atoms with Gasteiger partial charge in [-0.2, -0.15) is 0 Å². The van der Waals surface area contributed by atoms with Crippen molar-refractivity contribution in [3.63, 3.8) is 0 Å². The third-order valence-corrected chi connectivity index (χ3v) is 6.90. The summed E-state index contributed by atoms with van der Waals surface area (Å²) in [6, 6.07) is 9.50. The predicted molar refractivity (Wildman–Crippen MR) is 118 cm³/mol. The Morgan fingerprint density at radius 3 is 2.69 bits per heavy atom. The second-order valence-electron chi connectivity index (χ2n) is 7.87. The van der Waals surface area contributed by atoms with Gasteiger partial charge in [0.25, 0.3) is 0 Å². The summed E-state index contributed by atoms with van der Waals surface area (Å²) in [5.41, 5.74) is 12.3. The number of anilines is 1. The molecule has 2 aromatic heterocycles. The summed E-state index contributed by atoms with van der Waals surface area (Å²) in [6.45, 7) is 2.83. The van der Waals surface area contributed by atoms with Crippen LogP contribution < -0.4 is 11.1 Å². The van der Waals surface area contributed by atoms with Gasteiger partial charge >= 0.3 is 0 Å². The Hall–Kier alpha value is -2.28. The molecule has 0 amide bonds. The summed E-state index contributed by atoms with van der Waals surface area (Å²) in [7, 11) is 0. The summed E-state index contributed by atoms with van der Waals surface area (Å²) in [5, 5.41) is 6.58. The average Bonchev–Trinajstić information content (AvgIpc) is 3.49. The highest BCUT2D eigenvalue weighted by Crippen LogP contribution is 2.38. The second-order valence-corrected chi connectivity index (χ2v) is 8.77. The van der Waals surface area contributed by atoms with Crippen molar-refractivity contribution in [1.29, 1.82) is 0 Å². The van der Waals surface area contributed by atoms with Crippen molar-refractivity contribution in [1.82, 2.24) is 15.3 Å². The van der Waals surface area contributed by atoms with Gasteiger partial charge in [0.1, 0.15) is 10.8 Å². The first-order valence-electron chi connectivity index (χ1n) is 10.4. The first-order valence-corrected chi connectivity index (χ1v) is 11.3. The lowest BCUT2D eigenvalue weighted by Gasteiger charge is -2.27. The minimum atomic E-state index is 0.438. The smallest absolute Gasteiger partial charge is 0.133 e. The van der Waals surface area contributed by atoms with Crippen LogP contribution in [0.15, 0.2) is 42.0 Å². The van der Waals surface area contributed by atoms with Gasteiger partial charge in [-0.3, -0.25) is 0 Å². The van der Waals surface area contributed by atoms with E-state index in [1.165, 1.54) is 29.5 Å². The molecule has 2 saturated heterocycles. The maximum Gasteiger partial charge on any atom is 0.133 e. The molecule has 29 heavy (non-hydrogen) atoms. The van der Waals surface area contributed by atoms with Gasteiger partial charge in [0, 0.05) is 42.6 Å². The Labute approximate surface area is 175 Å². The molecule has 3 N–H and O–H groups in total. The molecule has 2 fully saturated rings. The molecule has 5 rings (SSSR count). The largest absolute Gasteiger partial charge is 0.383 e. The maximum atomic E-state index is 6.14. The number of ether oxygens (including phenoxy) is 1. The zero-order chi connectivity index (χ0) is 19.6. The van der Waals surface area contributed by atoms with Gasteiger partial charge < -0.3 is 15.8 Å². The van der Waals surface area contributed by atoms with Gasteiger partial charge in [-0.1, -0.05) is 12.1 Å². The third kappa shape index (κ3) is 3.80. The van der Waals surface area contributed by atoms with Crippen molar-refractivity contribution >= 4 is 17.2 Å². The summed E-state index contributed by atoms with van der Waals surface area (Å²) in [5.74, 6) is 1.12. The SMILES string of the molecule is Nc1ncc(-c2ccc(C3CCOCC3)c([C@@H]3CCCN3)c2)cc1-c1nccs1. The minimum absolute atomic E-state index is 0.438. The number of nitrogens with one attached hydrogen (secondary N) is 1. The van der Waals surface area contributed by atoms with E-state index in [0.717, 1.165) is 48.7 Å². The summed E-state index contributed by atoms with van der Waals surface area (Å²) < 4.78 is 5.60. The Kier molecular flexibility index (Phi) is 5.31. The molecule has 0 saturated carbocycles. The number of pyridine rings is 1. The lowest BCUT2D eigenvalue weighted by Crippen LogP contribution is -2.19. The number of hydrogen-bond donors (Lipinski definition) is 2. The molecule has 0 radical (unpaired) electrons. The van der Waals surface area contributed by atoms with Crippen LogP contribution in [0.1, 0.15) is 48.8 Å². The molecule has 0 unspecified atom stereocenters. The topological polar surface area (TPSA) is 73.1 Å². The third-order valence-electron chi connectivity index (χ3n) is 6.10. The number of nitrogens with two attached hydrogens (primary N) is 1. The standard InChI is InChI=1S/C23H26N4OS/c24-22-20(23-26-8-11-29-23)13-17(14-27-22)16-3-4-18(15-5-9-28-10-6-15)19(12-16)21-2-1-7-25-21/h3-4,8,11-15,21,25H,1-2,5-7,9-10H2,(H2,24,27)/t21-/m0/s1. The van der Waals surface area contributed by atoms with Gasteiger partial charge in [0.2, 0.25) is 0 Å². The van der Waals surface area contributed by atoms with E-state index in [-0.39, 0.29) is 0 Å². The van der Waals surface area contributed by atoms with E-state index < -0.39 is 0 Å². The maximum absolute atomic E-state index is 6.14. The van der Waals surface area contributed by atoms with E-state index in [4.69, 9.17) is 10.5 Å². The molecule has 1 atom stereocenters. The Morgan fingerprint density at radius 1 is 1.03 bits per heavy atom. The molecule has 5 nitrogen and oxygen atoms in total. The molecule has 0 aliphatic carbocycles. The Balaban J connectivity index is 1.55. The van der Waals surface area contributed by atoms with Gasteiger partial charge in [-0.25, -0.2) is 9.97 Å². The molecule has 1 aromatic carbocycles. The molecule has 0 bridgehead atoms. The fraction of sp³-hybridized carbons (Fsp3) is 0.391. The van der Waals surface area contributed by atoms with E-state index in [0.29, 0.717) is 17.8 Å². The molecule has 3 aromatic rings. The number of thiazole rings is 1. The van der Waals surface area contributed by atoms with Crippen molar-refractivity contribution in [2.75, 3.05) is 25.5 Å². The van der Waals surface area contributed by atoms with Crippen LogP contribution in [-0.4, -0.2) is 29.7 Å². The summed E-state index contributed by atoms with van der Waals surface area (Å²) in [6.07, 6.45) is 8.33. The highest BCUT2D eigenvalue weighted by Gasteiger charge is 2.25. The second kappa shape index (κ2) is 8.22. The molecule has 2 aliphatic heterocycles. The Bertz CT molecular complexity index is 977. The lowest BCUT2D eigenvalue weighted by atomic mass is 9.84. The number of benzene rings is 1. The molecule has 4 heterocycles. The van der Waals surface area contributed by atoms with E-state index in [2.05, 4.69) is 39.6 Å². The van der Waals surface area contributed by atoms with E-state index in [9.17, 15) is 0 Å². The highest BCUT2D eigenvalue weighted by atomic mass is 32.1. The van der Waals surface area contributed by atoms with Crippen LogP contribution in [0.2, 0.25) is 0 Å². The zero-order valence-corrected chi connectivity index (χ0v) is 17.3. The van der Waals surface area contributed by atoms with Crippen molar-refractivity contribution < 1.29 is 4.74 Å². The van der Waals surface area contributed by atoms with Crippen LogP contribution in [0.25, 0.3) is 21.7 Å². The normalized spacial score (nSPS) is 20.2. The van der Waals surface area contributed by atoms with E-state index in [1.807, 2.05) is 11.6 Å². The van der Waals surface area contributed by atoms with Gasteiger partial charge in [-0.05, 0) is 67.0 Å². The van der Waals surface area contributed by atoms with Crippen molar-refractivity contribution in [3.05, 3.63) is 53.2 Å². The fourth-order valence-corrected chi connectivity index (χ4v) is 5.21. The molecule has 150 valence electrons. The van der Waals surface area contributed by atoms with Gasteiger partial charge in [0.15, 0.2) is 0 Å². The van der Waals surface area contributed by atoms with Crippen molar-refractivity contribution in [3.8, 4) is 21.7 Å². The van der Waals surface area contributed by atoms with Crippen LogP contribution in [0, 0.1) is 0 Å². The van der Waals surface area contributed by atoms with Crippen LogP contribution in [0.5, 0.6) is 0 Å². The minimum Gasteiger partial charge on any atom is -0.383 e. The number of aromatic nitrogens is 2. The fourth-order valence-electron chi connectivity index (χ4n) is 4.55. The molecule has 6 heteroatoms. The predicted octanol–water partition coefficient (Wildman–Crippen LogP) is 4.77. The lowest BCUT2D eigenvalue weighted by molar-refractivity contribution is 0.0851. The summed E-state index contributed by atoms with van der Waals surface area (Å²) >= 11 is 1.59. The number of nitrogen functional groups attached to an aromatic ring is 1. The average molecular weight is 407 g/mol. The van der Waals surface area contributed by atoms with Crippen molar-refractivity contribution in [2.45, 2.75) is 37.6 Å². The van der Waals surface area contributed by atoms with E-state index >= 15 is 0 Å². The number of nitrogens with zero attached hydrogens (tertiary/aromatic N) is 2. The molecular weight excluding hydrogens is 380 g/mol. The number of rotatable bonds is 4. The first kappa shape index (κ1) is 18.7. The van der Waals surface area contributed by atoms with Crippen LogP contribution in [0.3, 0.4) is 0 Å². The van der Waals surface area contributed by atoms with Crippen LogP contribution in [-0.2, 0) is 4.74 Å². The zero-order valence-electron chi connectivity index (χ0n) is 16.4. The summed E-state index contributed by atoms with van der Waals surface area (Å²) in [4.78, 5) is 8.88. The van der Waals surface area contributed by atoms with Crippen molar-refractivity contribution in [2.24, 2.45) is 0 Å². The first-order chi connectivity index (χ1) is 14.3. The quantitative estimate of drug-likeness (QED) is 0.653. The number of hydrogen-bond acceptors (Lipinski definition) is 6. The highest BCUT2D eigenvalue weighted by molar-refractivity contribution is 7.13. The van der Waals surface area contributed by atoms with E-state index in [1.54, 1.807) is 17.5 Å². The monoisotopic (exact) mass is 406 g/mol.